The van der Waals surface area contributed by atoms with E-state index in [1.165, 1.54) is 0 Å². The summed E-state index contributed by atoms with van der Waals surface area (Å²) in [4.78, 5) is 26.4. The third-order valence-corrected chi connectivity index (χ3v) is 4.97. The first-order valence-corrected chi connectivity index (χ1v) is 7.46. The van der Waals surface area contributed by atoms with Crippen LogP contribution in [-0.2, 0) is 9.59 Å². The van der Waals surface area contributed by atoms with Crippen molar-refractivity contribution in [3.05, 3.63) is 0 Å². The summed E-state index contributed by atoms with van der Waals surface area (Å²) in [6.45, 7) is 8.75. The molecule has 1 aliphatic carbocycles. The van der Waals surface area contributed by atoms with Crippen LogP contribution in [0.4, 0.5) is 0 Å². The molecule has 0 spiro atoms. The average Bonchev–Trinajstić information content (AvgIpc) is 2.70. The Morgan fingerprint density at radius 3 is 2.63 bits per heavy atom. The van der Waals surface area contributed by atoms with Crippen LogP contribution in [0.2, 0.25) is 0 Å². The highest BCUT2D eigenvalue weighted by molar-refractivity contribution is 5.95. The highest BCUT2D eigenvalue weighted by Gasteiger charge is 2.45. The zero-order chi connectivity index (χ0) is 14.2. The second kappa shape index (κ2) is 5.14. The van der Waals surface area contributed by atoms with E-state index >= 15 is 0 Å². The Hall–Kier alpha value is -1.06. The fourth-order valence-corrected chi connectivity index (χ4v) is 3.46. The van der Waals surface area contributed by atoms with Crippen LogP contribution in [-0.4, -0.2) is 35.3 Å². The maximum atomic E-state index is 12.7. The predicted molar refractivity (Wildman–Crippen MR) is 74.5 cm³/mol. The molecular formula is C15H26N2O2. The number of carbonyl (C=O) groups excluding carboxylic acids is 2. The summed E-state index contributed by atoms with van der Waals surface area (Å²) in [5.41, 5.74) is 0.132. The summed E-state index contributed by atoms with van der Waals surface area (Å²) in [7, 11) is 0. The van der Waals surface area contributed by atoms with Crippen molar-refractivity contribution in [2.24, 2.45) is 11.3 Å². The maximum absolute atomic E-state index is 12.7. The van der Waals surface area contributed by atoms with E-state index < -0.39 is 0 Å². The molecule has 1 saturated heterocycles. The van der Waals surface area contributed by atoms with Crippen molar-refractivity contribution >= 4 is 11.8 Å². The zero-order valence-corrected chi connectivity index (χ0v) is 12.5. The minimum Gasteiger partial charge on any atom is -0.342 e. The Morgan fingerprint density at radius 2 is 2.11 bits per heavy atom. The normalized spacial score (nSPS) is 32.3. The maximum Gasteiger partial charge on any atom is 0.246 e. The summed E-state index contributed by atoms with van der Waals surface area (Å²) in [5, 5.41) is 2.87. The van der Waals surface area contributed by atoms with Crippen LogP contribution in [0.5, 0.6) is 0 Å². The van der Waals surface area contributed by atoms with Crippen LogP contribution < -0.4 is 5.32 Å². The molecule has 1 aliphatic heterocycles. The van der Waals surface area contributed by atoms with Crippen LogP contribution in [0.1, 0.15) is 53.4 Å². The lowest BCUT2D eigenvalue weighted by molar-refractivity contribution is -0.150. The number of hydrogen-bond acceptors (Lipinski definition) is 2. The fourth-order valence-electron chi connectivity index (χ4n) is 3.46. The summed E-state index contributed by atoms with van der Waals surface area (Å²) >= 11 is 0. The molecule has 1 N–H and O–H groups in total. The van der Waals surface area contributed by atoms with Gasteiger partial charge in [0.25, 0.3) is 0 Å². The minimum absolute atomic E-state index is 0.00685. The van der Waals surface area contributed by atoms with Crippen molar-refractivity contribution < 1.29 is 9.59 Å². The van der Waals surface area contributed by atoms with Gasteiger partial charge in [-0.2, -0.15) is 0 Å². The van der Waals surface area contributed by atoms with E-state index in [1.54, 1.807) is 0 Å². The van der Waals surface area contributed by atoms with Gasteiger partial charge in [0.1, 0.15) is 6.04 Å². The highest BCUT2D eigenvalue weighted by atomic mass is 16.2. The van der Waals surface area contributed by atoms with Crippen LogP contribution in [0, 0.1) is 11.3 Å². The topological polar surface area (TPSA) is 49.4 Å². The molecule has 1 heterocycles. The molecule has 0 aromatic heterocycles. The van der Waals surface area contributed by atoms with Gasteiger partial charge < -0.3 is 10.2 Å². The summed E-state index contributed by atoms with van der Waals surface area (Å²) in [6, 6.07) is -0.111. The first-order valence-electron chi connectivity index (χ1n) is 7.46. The van der Waals surface area contributed by atoms with Gasteiger partial charge in [-0.15, -0.1) is 0 Å². The number of hydrogen-bond donors (Lipinski definition) is 1. The van der Waals surface area contributed by atoms with E-state index in [0.29, 0.717) is 0 Å². The lowest BCUT2D eigenvalue weighted by atomic mass is 9.85. The van der Waals surface area contributed by atoms with Gasteiger partial charge in [0, 0.05) is 6.04 Å². The van der Waals surface area contributed by atoms with Crippen molar-refractivity contribution in [1.82, 2.24) is 10.2 Å². The van der Waals surface area contributed by atoms with E-state index in [0.717, 1.165) is 25.7 Å². The summed E-state index contributed by atoms with van der Waals surface area (Å²) < 4.78 is 0. The predicted octanol–water partition coefficient (Wildman–Crippen LogP) is 1.94. The molecule has 1 saturated carbocycles. The smallest absolute Gasteiger partial charge is 0.246 e. The van der Waals surface area contributed by atoms with E-state index in [9.17, 15) is 9.59 Å². The lowest BCUT2D eigenvalue weighted by Crippen LogP contribution is -2.63. The molecule has 0 radical (unpaired) electrons. The van der Waals surface area contributed by atoms with Gasteiger partial charge in [0.2, 0.25) is 11.8 Å². The zero-order valence-electron chi connectivity index (χ0n) is 12.5. The third-order valence-electron chi connectivity index (χ3n) is 4.97. The Morgan fingerprint density at radius 1 is 1.42 bits per heavy atom. The quantitative estimate of drug-likeness (QED) is 0.848. The monoisotopic (exact) mass is 266 g/mol. The van der Waals surface area contributed by atoms with Crippen molar-refractivity contribution in [2.75, 3.05) is 6.54 Å². The van der Waals surface area contributed by atoms with E-state index in [1.807, 2.05) is 11.8 Å². The number of rotatable bonds is 3. The van der Waals surface area contributed by atoms with Crippen molar-refractivity contribution in [1.29, 1.82) is 0 Å². The first-order chi connectivity index (χ1) is 8.86. The Kier molecular flexibility index (Phi) is 3.88. The van der Waals surface area contributed by atoms with Crippen LogP contribution in [0.3, 0.4) is 0 Å². The molecule has 108 valence electrons. The molecule has 2 amide bonds. The first kappa shape index (κ1) is 14.4. The standard InChI is InChI=1S/C15H26N2O2/c1-5-10(2)13-14(19)17(9-12(18)16-13)11-7-6-8-15(11,3)4/h10-11,13H,5-9H2,1-4H3,(H,16,18). The van der Waals surface area contributed by atoms with Crippen LogP contribution in [0.15, 0.2) is 0 Å². The van der Waals surface area contributed by atoms with Gasteiger partial charge in [-0.1, -0.05) is 40.5 Å². The van der Waals surface area contributed by atoms with Crippen molar-refractivity contribution in [3.8, 4) is 0 Å². The number of nitrogens with zero attached hydrogens (tertiary/aromatic N) is 1. The highest BCUT2D eigenvalue weighted by Crippen LogP contribution is 2.41. The van der Waals surface area contributed by atoms with Crippen LogP contribution >= 0.6 is 0 Å². The van der Waals surface area contributed by atoms with E-state index in [-0.39, 0.29) is 41.8 Å². The van der Waals surface area contributed by atoms with Gasteiger partial charge in [-0.05, 0) is 24.2 Å². The summed E-state index contributed by atoms with van der Waals surface area (Å²) in [6.07, 6.45) is 4.21. The Balaban J connectivity index is 2.20. The van der Waals surface area contributed by atoms with Crippen molar-refractivity contribution in [2.45, 2.75) is 65.5 Å². The van der Waals surface area contributed by atoms with Gasteiger partial charge in [0.05, 0.1) is 6.54 Å². The third kappa shape index (κ3) is 2.63. The molecule has 2 rings (SSSR count). The van der Waals surface area contributed by atoms with Gasteiger partial charge >= 0.3 is 0 Å². The van der Waals surface area contributed by atoms with Crippen LogP contribution in [0.25, 0.3) is 0 Å². The molecule has 0 bridgehead atoms. The van der Waals surface area contributed by atoms with Crippen molar-refractivity contribution in [3.63, 3.8) is 0 Å². The molecule has 0 aromatic rings. The molecule has 0 aromatic carbocycles. The minimum atomic E-state index is -0.331. The van der Waals surface area contributed by atoms with E-state index in [2.05, 4.69) is 26.1 Å². The average molecular weight is 266 g/mol. The Bertz CT molecular complexity index is 378. The second-order valence-electron chi connectivity index (χ2n) is 6.79. The second-order valence-corrected chi connectivity index (χ2v) is 6.79. The van der Waals surface area contributed by atoms with Gasteiger partial charge in [-0.25, -0.2) is 0 Å². The number of piperazine rings is 1. The van der Waals surface area contributed by atoms with Gasteiger partial charge in [0.15, 0.2) is 0 Å². The molecule has 4 heteroatoms. The molecule has 19 heavy (non-hydrogen) atoms. The molecule has 2 fully saturated rings. The SMILES string of the molecule is CCC(C)C1NC(=O)CN(C2CCCC2(C)C)C1=O. The molecule has 2 aliphatic rings. The molecule has 3 unspecified atom stereocenters. The fraction of sp³-hybridized carbons (Fsp3) is 0.867. The lowest BCUT2D eigenvalue weighted by Gasteiger charge is -2.43. The van der Waals surface area contributed by atoms with E-state index in [4.69, 9.17) is 0 Å². The number of carbonyl (C=O) groups is 2. The largest absolute Gasteiger partial charge is 0.342 e. The number of nitrogens with one attached hydrogen (secondary N) is 1. The number of amides is 2. The summed E-state index contributed by atoms with van der Waals surface area (Å²) in [5.74, 6) is 0.310. The molecule has 4 nitrogen and oxygen atoms in total. The molecular weight excluding hydrogens is 240 g/mol. The van der Waals surface area contributed by atoms with Gasteiger partial charge in [-0.3, -0.25) is 9.59 Å². The molecule has 3 atom stereocenters. The Labute approximate surface area is 115 Å².